The number of para-hydroxylation sites is 1. The highest BCUT2D eigenvalue weighted by atomic mass is 35.5. The number of carboxylic acid groups (broad SMARTS) is 1. The maximum Gasteiger partial charge on any atom is 0.407 e. The molecule has 2 heterocycles. The number of aromatic carboxylic acids is 1. The number of methoxy groups -OCH3 is 1. The first-order chi connectivity index (χ1) is 23.7. The van der Waals surface area contributed by atoms with Gasteiger partial charge in [-0.1, -0.05) is 35.3 Å². The van der Waals surface area contributed by atoms with E-state index in [2.05, 4.69) is 31.2 Å². The van der Waals surface area contributed by atoms with Gasteiger partial charge in [0.05, 0.1) is 55.9 Å². The molecular weight excluding hydrogens is 679 g/mol. The van der Waals surface area contributed by atoms with Crippen LogP contribution in [0.3, 0.4) is 0 Å². The van der Waals surface area contributed by atoms with Gasteiger partial charge < -0.3 is 49.7 Å². The first-order valence-corrected chi connectivity index (χ1v) is 16.1. The number of rotatable bonds is 20. The van der Waals surface area contributed by atoms with Crippen LogP contribution in [0.4, 0.5) is 27.8 Å². The van der Waals surface area contributed by atoms with Crippen LogP contribution in [0.1, 0.15) is 21.9 Å². The molecule has 2 aromatic heterocycles. The predicted octanol–water partition coefficient (Wildman–Crippen LogP) is 6.22. The molecule has 14 nitrogen and oxygen atoms in total. The fourth-order valence-corrected chi connectivity index (χ4v) is 4.78. The summed E-state index contributed by atoms with van der Waals surface area (Å²) in [5, 5.41) is 23.1. The Labute approximate surface area is 293 Å². The number of aromatic nitrogens is 2. The van der Waals surface area contributed by atoms with Crippen LogP contribution in [0.25, 0.3) is 11.3 Å². The second-order valence-electron chi connectivity index (χ2n) is 10.3. The number of nitrogens with one attached hydrogen (secondary N) is 4. The van der Waals surface area contributed by atoms with Crippen LogP contribution in [0.5, 0.6) is 0 Å². The molecule has 0 saturated carbocycles. The summed E-state index contributed by atoms with van der Waals surface area (Å²) in [5.74, 6) is 1.15. The number of furan rings is 1. The van der Waals surface area contributed by atoms with Crippen molar-refractivity contribution in [2.75, 3.05) is 75.8 Å². The number of carbonyl (C=O) groups excluding carboxylic acids is 1. The zero-order valence-corrected chi connectivity index (χ0v) is 28.5. The van der Waals surface area contributed by atoms with E-state index >= 15 is 0 Å². The number of amides is 1. The largest absolute Gasteiger partial charge is 0.478 e. The van der Waals surface area contributed by atoms with Crippen molar-refractivity contribution in [3.63, 3.8) is 0 Å². The van der Waals surface area contributed by atoms with E-state index in [1.54, 1.807) is 62.6 Å². The standard InChI is InChI=1S/C33H38Cl2N6O8/c1-21-39-30(36-11-12-37-33(44)48-18-17-47-16-15-46-14-13-45-2)29(31(40-21)41-27-6-4-3-5-24(27)32(42)43)38-20-23-8-10-28(49-23)25-19-22(34)7-9-26(25)35/h3-10,19,38H,11-18,20H2,1-2H3,(H,37,44)(H,42,43)(H2,36,39,40,41). The van der Waals surface area contributed by atoms with Gasteiger partial charge in [-0.3, -0.25) is 0 Å². The minimum Gasteiger partial charge on any atom is -0.478 e. The Hall–Kier alpha value is -4.60. The van der Waals surface area contributed by atoms with Gasteiger partial charge in [-0.05, 0) is 49.4 Å². The van der Waals surface area contributed by atoms with Crippen LogP contribution >= 0.6 is 23.2 Å². The third-order valence-electron chi connectivity index (χ3n) is 6.68. The molecule has 0 unspecified atom stereocenters. The van der Waals surface area contributed by atoms with E-state index in [0.29, 0.717) is 82.4 Å². The molecule has 4 rings (SSSR count). The van der Waals surface area contributed by atoms with Gasteiger partial charge in [0.2, 0.25) is 0 Å². The average molecular weight is 718 g/mol. The Morgan fingerprint density at radius 3 is 2.39 bits per heavy atom. The maximum atomic E-state index is 12.2. The van der Waals surface area contributed by atoms with Crippen LogP contribution in [-0.2, 0) is 25.5 Å². The van der Waals surface area contributed by atoms with E-state index in [0.717, 1.165) is 0 Å². The Balaban J connectivity index is 1.40. The highest BCUT2D eigenvalue weighted by Gasteiger charge is 2.18. The summed E-state index contributed by atoms with van der Waals surface area (Å²) in [5.41, 5.74) is 1.49. The Bertz CT molecular complexity index is 1690. The number of nitrogens with zero attached hydrogens (tertiary/aromatic N) is 2. The van der Waals surface area contributed by atoms with Crippen LogP contribution in [0.15, 0.2) is 59.0 Å². The van der Waals surface area contributed by atoms with E-state index in [4.69, 9.17) is 46.6 Å². The smallest absolute Gasteiger partial charge is 0.407 e. The highest BCUT2D eigenvalue weighted by Crippen LogP contribution is 2.34. The number of anilines is 4. The monoisotopic (exact) mass is 716 g/mol. The summed E-state index contributed by atoms with van der Waals surface area (Å²) in [4.78, 5) is 33.2. The van der Waals surface area contributed by atoms with Gasteiger partial charge in [0, 0.05) is 30.8 Å². The summed E-state index contributed by atoms with van der Waals surface area (Å²) in [6.07, 6.45) is -0.597. The average Bonchev–Trinajstić information content (AvgIpc) is 3.55. The molecule has 2 aromatic carbocycles. The van der Waals surface area contributed by atoms with Crippen molar-refractivity contribution in [1.29, 1.82) is 0 Å². The van der Waals surface area contributed by atoms with Gasteiger partial charge >= 0.3 is 12.1 Å². The van der Waals surface area contributed by atoms with Crippen LogP contribution in [0, 0.1) is 6.92 Å². The Kier molecular flexibility index (Phi) is 14.7. The molecule has 49 heavy (non-hydrogen) atoms. The zero-order valence-electron chi connectivity index (χ0n) is 27.0. The van der Waals surface area contributed by atoms with Crippen LogP contribution < -0.4 is 21.3 Å². The molecule has 0 aliphatic rings. The number of ether oxygens (including phenoxy) is 4. The number of hydrogen-bond acceptors (Lipinski definition) is 12. The van der Waals surface area contributed by atoms with Gasteiger partial charge in [-0.25, -0.2) is 19.6 Å². The van der Waals surface area contributed by atoms with E-state index < -0.39 is 12.1 Å². The molecule has 0 fully saturated rings. The third kappa shape index (κ3) is 11.8. The number of alkyl carbamates (subject to hydrolysis) is 1. The number of carbonyl (C=O) groups is 2. The second-order valence-corrected chi connectivity index (χ2v) is 11.1. The van der Waals surface area contributed by atoms with Gasteiger partial charge in [-0.2, -0.15) is 0 Å². The molecule has 0 saturated heterocycles. The maximum absolute atomic E-state index is 12.2. The van der Waals surface area contributed by atoms with E-state index in [1.165, 1.54) is 6.07 Å². The lowest BCUT2D eigenvalue weighted by atomic mass is 10.2. The van der Waals surface area contributed by atoms with Gasteiger partial charge in [0.15, 0.2) is 11.6 Å². The first kappa shape index (κ1) is 37.2. The number of aryl methyl sites for hydroxylation is 1. The lowest BCUT2D eigenvalue weighted by Gasteiger charge is -2.18. The fraction of sp³-hybridized carbons (Fsp3) is 0.333. The minimum atomic E-state index is -1.10. The van der Waals surface area contributed by atoms with Crippen molar-refractivity contribution in [1.82, 2.24) is 15.3 Å². The third-order valence-corrected chi connectivity index (χ3v) is 7.24. The fourth-order valence-electron chi connectivity index (χ4n) is 4.40. The van der Waals surface area contributed by atoms with Crippen LogP contribution in [-0.4, -0.2) is 87.0 Å². The topological polar surface area (TPSA) is 178 Å². The Morgan fingerprint density at radius 1 is 0.878 bits per heavy atom. The van der Waals surface area contributed by atoms with Crippen molar-refractivity contribution in [3.8, 4) is 11.3 Å². The predicted molar refractivity (Wildman–Crippen MR) is 186 cm³/mol. The van der Waals surface area contributed by atoms with Gasteiger partial charge in [0.25, 0.3) is 0 Å². The number of benzene rings is 2. The molecule has 0 aliphatic heterocycles. The molecule has 0 atom stereocenters. The van der Waals surface area contributed by atoms with Crippen LogP contribution in [0.2, 0.25) is 10.0 Å². The summed E-state index contributed by atoms with van der Waals surface area (Å²) >= 11 is 12.5. The molecule has 4 aromatic rings. The number of hydrogen-bond donors (Lipinski definition) is 5. The minimum absolute atomic E-state index is 0.0665. The summed E-state index contributed by atoms with van der Waals surface area (Å²) in [6, 6.07) is 15.2. The normalized spacial score (nSPS) is 10.9. The molecule has 0 radical (unpaired) electrons. The molecule has 0 aliphatic carbocycles. The van der Waals surface area contributed by atoms with E-state index in [1.807, 2.05) is 0 Å². The van der Waals surface area contributed by atoms with Gasteiger partial charge in [-0.15, -0.1) is 0 Å². The van der Waals surface area contributed by atoms with Crippen molar-refractivity contribution >= 4 is 58.3 Å². The molecule has 0 bridgehead atoms. The number of halogens is 2. The summed E-state index contributed by atoms with van der Waals surface area (Å²) in [7, 11) is 1.60. The lowest BCUT2D eigenvalue weighted by Crippen LogP contribution is -2.30. The van der Waals surface area contributed by atoms with E-state index in [-0.39, 0.29) is 38.4 Å². The first-order valence-electron chi connectivity index (χ1n) is 15.3. The van der Waals surface area contributed by atoms with Crippen molar-refractivity contribution < 1.29 is 38.1 Å². The second kappa shape index (κ2) is 19.4. The lowest BCUT2D eigenvalue weighted by molar-refractivity contribution is 0.0131. The number of carboxylic acids is 1. The molecule has 16 heteroatoms. The van der Waals surface area contributed by atoms with Crippen molar-refractivity contribution in [2.24, 2.45) is 0 Å². The van der Waals surface area contributed by atoms with E-state index in [9.17, 15) is 14.7 Å². The molecule has 0 spiro atoms. The zero-order chi connectivity index (χ0) is 35.0. The van der Waals surface area contributed by atoms with Crippen molar-refractivity contribution in [3.05, 3.63) is 81.8 Å². The van der Waals surface area contributed by atoms with Crippen molar-refractivity contribution in [2.45, 2.75) is 13.5 Å². The summed E-state index contributed by atoms with van der Waals surface area (Å²) in [6.45, 7) is 4.52. The summed E-state index contributed by atoms with van der Waals surface area (Å²) < 4.78 is 26.8. The Morgan fingerprint density at radius 2 is 1.61 bits per heavy atom. The quantitative estimate of drug-likeness (QED) is 0.0651. The molecular formula is C33H38Cl2N6O8. The highest BCUT2D eigenvalue weighted by molar-refractivity contribution is 6.35. The SMILES string of the molecule is COCCOCCOCCOC(=O)NCCNc1nc(C)nc(Nc2ccccc2C(=O)O)c1NCc1ccc(-c2cc(Cl)ccc2Cl)o1. The molecule has 5 N–H and O–H groups in total. The van der Waals surface area contributed by atoms with Gasteiger partial charge in [0.1, 0.15) is 29.6 Å². The molecule has 262 valence electrons. The molecule has 1 amide bonds.